The standard InChI is InChI=1S/C16H17N3O3S/c1-3-9-18-23(21,22)14-6-4-13(5-7-14)16(20)19-15-11-17-10-8-12(15)2/h3-8,10-11,18H,1,9H2,2H3,(H,19,20). The van der Waals surface area contributed by atoms with Gasteiger partial charge in [-0.2, -0.15) is 0 Å². The minimum atomic E-state index is -3.59. The average molecular weight is 331 g/mol. The molecule has 0 aliphatic heterocycles. The van der Waals surface area contributed by atoms with Crippen LogP contribution in [0.5, 0.6) is 0 Å². The van der Waals surface area contributed by atoms with E-state index < -0.39 is 10.0 Å². The number of amides is 1. The number of rotatable bonds is 6. The molecule has 2 N–H and O–H groups in total. The summed E-state index contributed by atoms with van der Waals surface area (Å²) in [5.74, 6) is -0.330. The van der Waals surface area contributed by atoms with Crippen LogP contribution in [0.3, 0.4) is 0 Å². The summed E-state index contributed by atoms with van der Waals surface area (Å²) in [4.78, 5) is 16.2. The van der Waals surface area contributed by atoms with Crippen LogP contribution in [0.2, 0.25) is 0 Å². The van der Waals surface area contributed by atoms with Gasteiger partial charge in [-0.1, -0.05) is 6.08 Å². The highest BCUT2D eigenvalue weighted by atomic mass is 32.2. The third-order valence-corrected chi connectivity index (χ3v) is 4.57. The predicted molar refractivity (Wildman–Crippen MR) is 88.8 cm³/mol. The van der Waals surface area contributed by atoms with Crippen LogP contribution in [-0.4, -0.2) is 25.9 Å². The lowest BCUT2D eigenvalue weighted by Crippen LogP contribution is -2.23. The van der Waals surface area contributed by atoms with Crippen molar-refractivity contribution >= 4 is 21.6 Å². The molecule has 6 nitrogen and oxygen atoms in total. The fourth-order valence-corrected chi connectivity index (χ4v) is 2.83. The van der Waals surface area contributed by atoms with Gasteiger partial charge in [0.25, 0.3) is 5.91 Å². The van der Waals surface area contributed by atoms with E-state index in [2.05, 4.69) is 21.6 Å². The Balaban J connectivity index is 2.15. The third-order valence-electron chi connectivity index (χ3n) is 3.13. The number of benzene rings is 1. The minimum Gasteiger partial charge on any atom is -0.320 e. The molecule has 1 heterocycles. The summed E-state index contributed by atoms with van der Waals surface area (Å²) in [5.41, 5.74) is 1.86. The number of carbonyl (C=O) groups is 1. The second kappa shape index (κ2) is 7.17. The Morgan fingerprint density at radius 2 is 1.96 bits per heavy atom. The number of hydrogen-bond donors (Lipinski definition) is 2. The number of sulfonamides is 1. The molecule has 0 unspecified atom stereocenters. The third kappa shape index (κ3) is 4.24. The summed E-state index contributed by atoms with van der Waals surface area (Å²) in [7, 11) is -3.59. The average Bonchev–Trinajstić information content (AvgIpc) is 2.55. The van der Waals surface area contributed by atoms with Crippen molar-refractivity contribution in [1.29, 1.82) is 0 Å². The molecule has 2 aromatic rings. The molecule has 0 bridgehead atoms. The van der Waals surface area contributed by atoms with Gasteiger partial charge in [0.2, 0.25) is 10.0 Å². The topological polar surface area (TPSA) is 88.2 Å². The molecule has 0 saturated heterocycles. The van der Waals surface area contributed by atoms with E-state index in [-0.39, 0.29) is 17.3 Å². The molecule has 0 saturated carbocycles. The van der Waals surface area contributed by atoms with Crippen molar-refractivity contribution in [2.75, 3.05) is 11.9 Å². The van der Waals surface area contributed by atoms with Gasteiger partial charge >= 0.3 is 0 Å². The van der Waals surface area contributed by atoms with E-state index in [0.717, 1.165) is 5.56 Å². The van der Waals surface area contributed by atoms with Crippen LogP contribution in [0, 0.1) is 6.92 Å². The first-order chi connectivity index (χ1) is 10.9. The van der Waals surface area contributed by atoms with Gasteiger partial charge in [-0.05, 0) is 42.8 Å². The summed E-state index contributed by atoms with van der Waals surface area (Å²) >= 11 is 0. The fraction of sp³-hybridized carbons (Fsp3) is 0.125. The van der Waals surface area contributed by atoms with Crippen molar-refractivity contribution in [3.63, 3.8) is 0 Å². The predicted octanol–water partition coefficient (Wildman–Crippen LogP) is 2.11. The molecule has 2 rings (SSSR count). The van der Waals surface area contributed by atoms with E-state index in [1.165, 1.54) is 30.3 Å². The van der Waals surface area contributed by atoms with Crippen molar-refractivity contribution in [1.82, 2.24) is 9.71 Å². The van der Waals surface area contributed by atoms with Gasteiger partial charge in [0.15, 0.2) is 0 Å². The molecule has 1 amide bonds. The maximum Gasteiger partial charge on any atom is 0.255 e. The van der Waals surface area contributed by atoms with Crippen molar-refractivity contribution < 1.29 is 13.2 Å². The molecule has 7 heteroatoms. The van der Waals surface area contributed by atoms with E-state index in [1.54, 1.807) is 18.5 Å². The molecular weight excluding hydrogens is 314 g/mol. The summed E-state index contributed by atoms with van der Waals surface area (Å²) in [6.45, 7) is 5.46. The molecule has 0 atom stereocenters. The highest BCUT2D eigenvalue weighted by Crippen LogP contribution is 2.15. The Hall–Kier alpha value is -2.51. The molecule has 1 aromatic heterocycles. The number of carbonyl (C=O) groups excluding carboxylic acids is 1. The molecule has 1 aromatic carbocycles. The summed E-state index contributed by atoms with van der Waals surface area (Å²) in [6.07, 6.45) is 4.65. The molecule has 0 aliphatic rings. The molecule has 0 spiro atoms. The first-order valence-corrected chi connectivity index (χ1v) is 8.35. The number of hydrogen-bond acceptors (Lipinski definition) is 4. The number of anilines is 1. The lowest BCUT2D eigenvalue weighted by atomic mass is 10.2. The maximum absolute atomic E-state index is 12.2. The van der Waals surface area contributed by atoms with Gasteiger partial charge in [-0.25, -0.2) is 13.1 Å². The van der Waals surface area contributed by atoms with Crippen LogP contribution < -0.4 is 10.0 Å². The molecule has 0 radical (unpaired) electrons. The van der Waals surface area contributed by atoms with Gasteiger partial charge in [0, 0.05) is 18.3 Å². The minimum absolute atomic E-state index is 0.0912. The molecule has 23 heavy (non-hydrogen) atoms. The Labute approximate surface area is 135 Å². The van der Waals surface area contributed by atoms with Crippen LogP contribution >= 0.6 is 0 Å². The number of nitrogens with zero attached hydrogens (tertiary/aromatic N) is 1. The highest BCUT2D eigenvalue weighted by molar-refractivity contribution is 7.89. The summed E-state index contributed by atoms with van der Waals surface area (Å²) in [6, 6.07) is 7.48. The lowest BCUT2D eigenvalue weighted by molar-refractivity contribution is 0.102. The monoisotopic (exact) mass is 331 g/mol. The first kappa shape index (κ1) is 16.9. The molecule has 120 valence electrons. The lowest BCUT2D eigenvalue weighted by Gasteiger charge is -2.08. The highest BCUT2D eigenvalue weighted by Gasteiger charge is 2.14. The van der Waals surface area contributed by atoms with Crippen LogP contribution in [0.1, 0.15) is 15.9 Å². The number of nitrogens with one attached hydrogen (secondary N) is 2. The van der Waals surface area contributed by atoms with Crippen LogP contribution in [0.25, 0.3) is 0 Å². The van der Waals surface area contributed by atoms with E-state index in [4.69, 9.17) is 0 Å². The first-order valence-electron chi connectivity index (χ1n) is 6.86. The van der Waals surface area contributed by atoms with Crippen LogP contribution in [0.4, 0.5) is 5.69 Å². The zero-order valence-electron chi connectivity index (χ0n) is 12.6. The number of pyridine rings is 1. The quantitative estimate of drug-likeness (QED) is 0.794. The van der Waals surface area contributed by atoms with Gasteiger partial charge in [0.05, 0.1) is 16.8 Å². The smallest absolute Gasteiger partial charge is 0.255 e. The van der Waals surface area contributed by atoms with Gasteiger partial charge in [-0.3, -0.25) is 9.78 Å². The Bertz CT molecular complexity index is 815. The zero-order valence-corrected chi connectivity index (χ0v) is 13.4. The Kier molecular flexibility index (Phi) is 5.25. The molecule has 0 aliphatic carbocycles. The van der Waals surface area contributed by atoms with Crippen molar-refractivity contribution in [3.8, 4) is 0 Å². The van der Waals surface area contributed by atoms with Gasteiger partial charge < -0.3 is 5.32 Å². The maximum atomic E-state index is 12.2. The van der Waals surface area contributed by atoms with Crippen molar-refractivity contribution in [2.45, 2.75) is 11.8 Å². The normalized spacial score (nSPS) is 11.0. The van der Waals surface area contributed by atoms with E-state index >= 15 is 0 Å². The van der Waals surface area contributed by atoms with Crippen molar-refractivity contribution in [3.05, 3.63) is 66.5 Å². The van der Waals surface area contributed by atoms with E-state index in [0.29, 0.717) is 11.3 Å². The number of aryl methyl sites for hydroxylation is 1. The van der Waals surface area contributed by atoms with Crippen LogP contribution in [-0.2, 0) is 10.0 Å². The van der Waals surface area contributed by atoms with Gasteiger partial charge in [0.1, 0.15) is 0 Å². The summed E-state index contributed by atoms with van der Waals surface area (Å²) < 4.78 is 26.2. The van der Waals surface area contributed by atoms with Gasteiger partial charge in [-0.15, -0.1) is 6.58 Å². The molecule has 0 fully saturated rings. The zero-order chi connectivity index (χ0) is 16.9. The Morgan fingerprint density at radius 3 is 2.57 bits per heavy atom. The van der Waals surface area contributed by atoms with Crippen molar-refractivity contribution in [2.24, 2.45) is 0 Å². The van der Waals surface area contributed by atoms with E-state index in [9.17, 15) is 13.2 Å². The second-order valence-electron chi connectivity index (χ2n) is 4.81. The Morgan fingerprint density at radius 1 is 1.26 bits per heavy atom. The fourth-order valence-electron chi connectivity index (χ4n) is 1.83. The molecular formula is C16H17N3O3S. The largest absolute Gasteiger partial charge is 0.320 e. The van der Waals surface area contributed by atoms with E-state index in [1.807, 2.05) is 6.92 Å². The SMILES string of the molecule is C=CCNS(=O)(=O)c1ccc(C(=O)Nc2cnccc2C)cc1. The number of aromatic nitrogens is 1. The second-order valence-corrected chi connectivity index (χ2v) is 6.58. The van der Waals surface area contributed by atoms with Crippen LogP contribution in [0.15, 0.2) is 60.3 Å². The summed E-state index contributed by atoms with van der Waals surface area (Å²) in [5, 5.41) is 2.74.